The minimum atomic E-state index is -0.750. The number of piperidine rings is 1. The Hall–Kier alpha value is -3.35. The van der Waals surface area contributed by atoms with Gasteiger partial charge >= 0.3 is 0 Å². The number of amides is 3. The molecule has 0 saturated carbocycles. The third-order valence-electron chi connectivity index (χ3n) is 7.26. The number of unbranched alkanes of at least 4 members (excludes halogenated alkanes) is 1. The average molecular weight is 491 g/mol. The molecule has 192 valence electrons. The molecule has 2 heterocycles. The van der Waals surface area contributed by atoms with Crippen molar-refractivity contribution in [3.05, 3.63) is 65.7 Å². The number of carbonyl (C=O) groups excluding carboxylic acids is 3. The summed E-state index contributed by atoms with van der Waals surface area (Å²) in [6.07, 6.45) is 4.38. The van der Waals surface area contributed by atoms with Gasteiger partial charge in [-0.1, -0.05) is 43.7 Å². The minimum absolute atomic E-state index is 0.0109. The Labute approximate surface area is 214 Å². The van der Waals surface area contributed by atoms with Crippen LogP contribution < -0.4 is 10.2 Å². The Bertz CT molecular complexity index is 1060. The van der Waals surface area contributed by atoms with E-state index in [9.17, 15) is 14.4 Å². The highest BCUT2D eigenvalue weighted by atomic mass is 16.2. The molecule has 7 heteroatoms. The molecular weight excluding hydrogens is 452 g/mol. The Morgan fingerprint density at radius 2 is 1.67 bits per heavy atom. The quantitative estimate of drug-likeness (QED) is 0.610. The molecule has 0 aromatic heterocycles. The van der Waals surface area contributed by atoms with Crippen molar-refractivity contribution in [1.82, 2.24) is 15.1 Å². The van der Waals surface area contributed by atoms with E-state index in [1.165, 1.54) is 5.56 Å². The Morgan fingerprint density at radius 3 is 2.28 bits per heavy atom. The molecule has 2 aliphatic heterocycles. The maximum atomic E-state index is 13.8. The molecule has 2 aliphatic rings. The fraction of sp³-hybridized carbons (Fsp3) is 0.483. The second-order valence-corrected chi connectivity index (χ2v) is 10.3. The van der Waals surface area contributed by atoms with Gasteiger partial charge in [0.25, 0.3) is 11.8 Å². The molecule has 7 nitrogen and oxygen atoms in total. The van der Waals surface area contributed by atoms with Crippen molar-refractivity contribution in [2.75, 3.05) is 31.2 Å². The van der Waals surface area contributed by atoms with Gasteiger partial charge < -0.3 is 20.0 Å². The number of benzene rings is 2. The van der Waals surface area contributed by atoms with Gasteiger partial charge in [0.1, 0.15) is 12.1 Å². The standard InChI is InChI=1S/C29H38N4O3/c1-4-5-9-23-12-14-24(15-13-23)27(35)31-18-16-29(17-19-31)28(36)32(20-26(34)30-22(2)3)21-33(29)25-10-7-6-8-11-25/h6-8,10-15,22H,4-5,9,16-21H2,1-3H3,(H,30,34). The summed E-state index contributed by atoms with van der Waals surface area (Å²) in [7, 11) is 0. The number of hydrogen-bond donors (Lipinski definition) is 1. The van der Waals surface area contributed by atoms with Gasteiger partial charge in [0.15, 0.2) is 0 Å². The van der Waals surface area contributed by atoms with Crippen LogP contribution in [0.1, 0.15) is 62.4 Å². The van der Waals surface area contributed by atoms with E-state index >= 15 is 0 Å². The van der Waals surface area contributed by atoms with Crippen LogP contribution in [0.15, 0.2) is 54.6 Å². The Kier molecular flexibility index (Phi) is 7.97. The zero-order valence-electron chi connectivity index (χ0n) is 21.7. The second kappa shape index (κ2) is 11.1. The summed E-state index contributed by atoms with van der Waals surface area (Å²) in [5.41, 5.74) is 2.15. The molecule has 2 saturated heterocycles. The highest BCUT2D eigenvalue weighted by Gasteiger charge is 2.54. The van der Waals surface area contributed by atoms with E-state index in [1.807, 2.05) is 73.3 Å². The monoisotopic (exact) mass is 490 g/mol. The number of para-hydroxylation sites is 1. The van der Waals surface area contributed by atoms with Crippen LogP contribution in [-0.4, -0.2) is 65.4 Å². The number of rotatable bonds is 8. The van der Waals surface area contributed by atoms with Crippen molar-refractivity contribution in [2.45, 2.75) is 64.5 Å². The predicted octanol–water partition coefficient (Wildman–Crippen LogP) is 3.83. The summed E-state index contributed by atoms with van der Waals surface area (Å²) >= 11 is 0. The largest absolute Gasteiger partial charge is 0.352 e. The molecule has 3 amide bonds. The zero-order valence-corrected chi connectivity index (χ0v) is 21.7. The van der Waals surface area contributed by atoms with Crippen LogP contribution in [0.25, 0.3) is 0 Å². The summed E-state index contributed by atoms with van der Waals surface area (Å²) in [5.74, 6) is -0.173. The molecule has 4 rings (SSSR count). The first-order valence-corrected chi connectivity index (χ1v) is 13.1. The van der Waals surface area contributed by atoms with Gasteiger partial charge in [-0.25, -0.2) is 0 Å². The van der Waals surface area contributed by atoms with Crippen LogP contribution in [0, 0.1) is 0 Å². The molecule has 0 atom stereocenters. The Balaban J connectivity index is 1.49. The first kappa shape index (κ1) is 25.7. The minimum Gasteiger partial charge on any atom is -0.352 e. The zero-order chi connectivity index (χ0) is 25.7. The molecule has 0 aliphatic carbocycles. The lowest BCUT2D eigenvalue weighted by atomic mass is 9.85. The smallest absolute Gasteiger partial charge is 0.253 e. The highest BCUT2D eigenvalue weighted by Crippen LogP contribution is 2.39. The summed E-state index contributed by atoms with van der Waals surface area (Å²) in [5, 5.41) is 2.89. The van der Waals surface area contributed by atoms with Gasteiger partial charge in [0.2, 0.25) is 5.91 Å². The summed E-state index contributed by atoms with van der Waals surface area (Å²) in [6, 6.07) is 17.8. The molecule has 2 aromatic rings. The normalized spacial score (nSPS) is 17.2. The van der Waals surface area contributed by atoms with Crippen LogP contribution in [-0.2, 0) is 16.0 Å². The second-order valence-electron chi connectivity index (χ2n) is 10.3. The SMILES string of the molecule is CCCCc1ccc(C(=O)N2CCC3(CC2)C(=O)N(CC(=O)NC(C)C)CN3c2ccccc2)cc1. The van der Waals surface area contributed by atoms with Gasteiger partial charge in [-0.05, 0) is 69.4 Å². The number of carbonyl (C=O) groups is 3. The van der Waals surface area contributed by atoms with Crippen LogP contribution in [0.4, 0.5) is 5.69 Å². The van der Waals surface area contributed by atoms with Crippen molar-refractivity contribution in [2.24, 2.45) is 0 Å². The van der Waals surface area contributed by atoms with Crippen molar-refractivity contribution < 1.29 is 14.4 Å². The van der Waals surface area contributed by atoms with Crippen LogP contribution in [0.5, 0.6) is 0 Å². The van der Waals surface area contributed by atoms with E-state index in [-0.39, 0.29) is 30.3 Å². The number of hydrogen-bond acceptors (Lipinski definition) is 4. The van der Waals surface area contributed by atoms with Gasteiger partial charge in [0, 0.05) is 30.4 Å². The molecule has 0 unspecified atom stereocenters. The van der Waals surface area contributed by atoms with Crippen molar-refractivity contribution in [1.29, 1.82) is 0 Å². The summed E-state index contributed by atoms with van der Waals surface area (Å²) in [4.78, 5) is 45.1. The molecular formula is C29H38N4O3. The lowest BCUT2D eigenvalue weighted by Crippen LogP contribution is -2.57. The molecule has 1 spiro atoms. The van der Waals surface area contributed by atoms with Gasteiger partial charge in [-0.2, -0.15) is 0 Å². The number of nitrogens with one attached hydrogen (secondary N) is 1. The van der Waals surface area contributed by atoms with E-state index < -0.39 is 5.54 Å². The maximum absolute atomic E-state index is 13.8. The van der Waals surface area contributed by atoms with Gasteiger partial charge in [-0.3, -0.25) is 14.4 Å². The average Bonchev–Trinajstić information content (AvgIpc) is 3.14. The van der Waals surface area contributed by atoms with Gasteiger partial charge in [0.05, 0.1) is 6.67 Å². The molecule has 0 radical (unpaired) electrons. The van der Waals surface area contributed by atoms with E-state index in [1.54, 1.807) is 4.90 Å². The van der Waals surface area contributed by atoms with Crippen LogP contribution >= 0.6 is 0 Å². The van der Waals surface area contributed by atoms with Crippen molar-refractivity contribution >= 4 is 23.4 Å². The molecule has 1 N–H and O–H groups in total. The van der Waals surface area contributed by atoms with Crippen LogP contribution in [0.2, 0.25) is 0 Å². The summed E-state index contributed by atoms with van der Waals surface area (Å²) < 4.78 is 0. The number of aryl methyl sites for hydroxylation is 1. The first-order chi connectivity index (χ1) is 17.3. The van der Waals surface area contributed by atoms with Crippen molar-refractivity contribution in [3.8, 4) is 0 Å². The summed E-state index contributed by atoms with van der Waals surface area (Å²) in [6.45, 7) is 7.39. The van der Waals surface area contributed by atoms with Crippen LogP contribution in [0.3, 0.4) is 0 Å². The lowest BCUT2D eigenvalue weighted by Gasteiger charge is -2.43. The fourth-order valence-corrected chi connectivity index (χ4v) is 5.32. The number of nitrogens with zero attached hydrogens (tertiary/aromatic N) is 3. The number of anilines is 1. The molecule has 36 heavy (non-hydrogen) atoms. The van der Waals surface area contributed by atoms with E-state index in [0.29, 0.717) is 38.2 Å². The topological polar surface area (TPSA) is 73.0 Å². The molecule has 2 fully saturated rings. The lowest BCUT2D eigenvalue weighted by molar-refractivity contribution is -0.137. The van der Waals surface area contributed by atoms with Gasteiger partial charge in [-0.15, -0.1) is 0 Å². The maximum Gasteiger partial charge on any atom is 0.253 e. The first-order valence-electron chi connectivity index (χ1n) is 13.1. The van der Waals surface area contributed by atoms with E-state index in [4.69, 9.17) is 0 Å². The third kappa shape index (κ3) is 5.40. The predicted molar refractivity (Wildman–Crippen MR) is 142 cm³/mol. The van der Waals surface area contributed by atoms with Crippen molar-refractivity contribution in [3.63, 3.8) is 0 Å². The highest BCUT2D eigenvalue weighted by molar-refractivity contribution is 5.97. The van der Waals surface area contributed by atoms with E-state index in [2.05, 4.69) is 17.1 Å². The Morgan fingerprint density at radius 1 is 1.00 bits per heavy atom. The fourth-order valence-electron chi connectivity index (χ4n) is 5.32. The third-order valence-corrected chi connectivity index (χ3v) is 7.26. The molecule has 0 bridgehead atoms. The van der Waals surface area contributed by atoms with E-state index in [0.717, 1.165) is 24.9 Å². The molecule has 2 aromatic carbocycles. The number of likely N-dealkylation sites (tertiary alicyclic amines) is 1.